The average molecular weight is 344 g/mol. The Hall–Kier alpha value is -2.11. The van der Waals surface area contributed by atoms with Crippen LogP contribution in [0.1, 0.15) is 18.6 Å². The Kier molecular flexibility index (Phi) is 5.56. The van der Waals surface area contributed by atoms with Crippen LogP contribution in [-0.2, 0) is 0 Å². The SMILES string of the molecule is COc1ccccc1N1CCN(C(C)C(O)c2ccc(F)cc2)CC1. The first-order valence-corrected chi connectivity index (χ1v) is 8.65. The number of rotatable bonds is 5. The van der Waals surface area contributed by atoms with Crippen LogP contribution < -0.4 is 9.64 Å². The van der Waals surface area contributed by atoms with Crippen LogP contribution in [0.4, 0.5) is 10.1 Å². The number of nitrogens with zero attached hydrogens (tertiary/aromatic N) is 2. The Bertz CT molecular complexity index is 684. The lowest BCUT2D eigenvalue weighted by Crippen LogP contribution is -2.51. The van der Waals surface area contributed by atoms with Gasteiger partial charge < -0.3 is 14.7 Å². The molecule has 0 saturated carbocycles. The van der Waals surface area contributed by atoms with Gasteiger partial charge in [0.05, 0.1) is 18.9 Å². The van der Waals surface area contributed by atoms with Gasteiger partial charge >= 0.3 is 0 Å². The van der Waals surface area contributed by atoms with Gasteiger partial charge in [-0.25, -0.2) is 4.39 Å². The Morgan fingerprint density at radius 3 is 2.28 bits per heavy atom. The molecular weight excluding hydrogens is 319 g/mol. The molecule has 0 amide bonds. The maximum atomic E-state index is 13.1. The Morgan fingerprint density at radius 2 is 1.64 bits per heavy atom. The topological polar surface area (TPSA) is 35.9 Å². The summed E-state index contributed by atoms with van der Waals surface area (Å²) in [6.45, 7) is 5.49. The fourth-order valence-corrected chi connectivity index (χ4v) is 3.40. The lowest BCUT2D eigenvalue weighted by molar-refractivity contribution is 0.0545. The molecular formula is C20H25FN2O2. The van der Waals surface area contributed by atoms with Gasteiger partial charge in [-0.2, -0.15) is 0 Å². The van der Waals surface area contributed by atoms with E-state index in [1.807, 2.05) is 25.1 Å². The second-order valence-corrected chi connectivity index (χ2v) is 6.43. The molecule has 1 fully saturated rings. The number of hydrogen-bond donors (Lipinski definition) is 1. The Labute approximate surface area is 148 Å². The van der Waals surface area contributed by atoms with Gasteiger partial charge in [-0.05, 0) is 36.8 Å². The molecule has 0 aliphatic carbocycles. The number of aliphatic hydroxyl groups is 1. The molecule has 0 bridgehead atoms. The van der Waals surface area contributed by atoms with Crippen molar-refractivity contribution >= 4 is 5.69 Å². The van der Waals surface area contributed by atoms with Crippen LogP contribution >= 0.6 is 0 Å². The largest absolute Gasteiger partial charge is 0.495 e. The molecule has 0 aromatic heterocycles. The summed E-state index contributed by atoms with van der Waals surface area (Å²) in [5.41, 5.74) is 1.86. The van der Waals surface area contributed by atoms with Gasteiger partial charge in [0, 0.05) is 32.2 Å². The number of halogens is 1. The third-order valence-electron chi connectivity index (χ3n) is 4.98. The summed E-state index contributed by atoms with van der Waals surface area (Å²) in [7, 11) is 1.69. The molecule has 2 unspecified atom stereocenters. The van der Waals surface area contributed by atoms with Crippen LogP contribution in [-0.4, -0.2) is 49.3 Å². The smallest absolute Gasteiger partial charge is 0.142 e. The molecule has 1 heterocycles. The van der Waals surface area contributed by atoms with Crippen LogP contribution in [0.2, 0.25) is 0 Å². The number of ether oxygens (including phenoxy) is 1. The van der Waals surface area contributed by atoms with Crippen molar-refractivity contribution < 1.29 is 14.2 Å². The Morgan fingerprint density at radius 1 is 1.00 bits per heavy atom. The molecule has 0 spiro atoms. The zero-order valence-corrected chi connectivity index (χ0v) is 14.7. The van der Waals surface area contributed by atoms with E-state index >= 15 is 0 Å². The number of piperazine rings is 1. The highest BCUT2D eigenvalue weighted by Gasteiger charge is 2.27. The molecule has 2 atom stereocenters. The highest BCUT2D eigenvalue weighted by Crippen LogP contribution is 2.29. The number of aliphatic hydroxyl groups excluding tert-OH is 1. The van der Waals surface area contributed by atoms with Gasteiger partial charge in [-0.15, -0.1) is 0 Å². The minimum atomic E-state index is -0.626. The molecule has 1 saturated heterocycles. The summed E-state index contributed by atoms with van der Waals surface area (Å²) in [4.78, 5) is 4.59. The van der Waals surface area contributed by atoms with E-state index in [1.54, 1.807) is 19.2 Å². The van der Waals surface area contributed by atoms with Crippen molar-refractivity contribution in [3.05, 3.63) is 59.9 Å². The third kappa shape index (κ3) is 3.94. The molecule has 1 aliphatic rings. The molecule has 1 N–H and O–H groups in total. The van der Waals surface area contributed by atoms with E-state index < -0.39 is 6.10 Å². The van der Waals surface area contributed by atoms with Crippen molar-refractivity contribution in [3.8, 4) is 5.75 Å². The van der Waals surface area contributed by atoms with E-state index in [0.717, 1.165) is 43.2 Å². The van der Waals surface area contributed by atoms with Crippen molar-refractivity contribution in [2.75, 3.05) is 38.2 Å². The molecule has 5 heteroatoms. The molecule has 25 heavy (non-hydrogen) atoms. The summed E-state index contributed by atoms with van der Waals surface area (Å²) in [6.07, 6.45) is -0.626. The van der Waals surface area contributed by atoms with E-state index in [2.05, 4.69) is 15.9 Å². The quantitative estimate of drug-likeness (QED) is 0.904. The minimum Gasteiger partial charge on any atom is -0.495 e. The van der Waals surface area contributed by atoms with Crippen LogP contribution in [0, 0.1) is 5.82 Å². The highest BCUT2D eigenvalue weighted by molar-refractivity contribution is 5.58. The number of para-hydroxylation sites is 2. The van der Waals surface area contributed by atoms with E-state index in [4.69, 9.17) is 4.74 Å². The van der Waals surface area contributed by atoms with Gasteiger partial charge in [-0.3, -0.25) is 4.90 Å². The van der Waals surface area contributed by atoms with Crippen LogP contribution in [0.25, 0.3) is 0 Å². The van der Waals surface area contributed by atoms with Gasteiger partial charge in [0.2, 0.25) is 0 Å². The highest BCUT2D eigenvalue weighted by atomic mass is 19.1. The molecule has 0 radical (unpaired) electrons. The Balaban J connectivity index is 1.62. The summed E-state index contributed by atoms with van der Waals surface area (Å²) < 4.78 is 18.5. The summed E-state index contributed by atoms with van der Waals surface area (Å²) in [6, 6.07) is 14.1. The standard InChI is InChI=1S/C20H25FN2O2/c1-15(20(24)16-7-9-17(21)10-8-16)22-11-13-23(14-12-22)18-5-3-4-6-19(18)25-2/h3-10,15,20,24H,11-14H2,1-2H3. The summed E-state index contributed by atoms with van der Waals surface area (Å²) in [5, 5.41) is 10.6. The van der Waals surface area contributed by atoms with Crippen LogP contribution in [0.15, 0.2) is 48.5 Å². The van der Waals surface area contributed by atoms with E-state index in [9.17, 15) is 9.50 Å². The average Bonchev–Trinajstić information content (AvgIpc) is 2.67. The molecule has 134 valence electrons. The van der Waals surface area contributed by atoms with Crippen LogP contribution in [0.5, 0.6) is 5.75 Å². The number of benzene rings is 2. The van der Waals surface area contributed by atoms with Gasteiger partial charge in [-0.1, -0.05) is 24.3 Å². The molecule has 4 nitrogen and oxygen atoms in total. The first kappa shape index (κ1) is 17.7. The lowest BCUT2D eigenvalue weighted by Gasteiger charge is -2.40. The van der Waals surface area contributed by atoms with Crippen molar-refractivity contribution in [1.82, 2.24) is 4.90 Å². The van der Waals surface area contributed by atoms with Gasteiger partial charge in [0.1, 0.15) is 11.6 Å². The zero-order chi connectivity index (χ0) is 17.8. The van der Waals surface area contributed by atoms with E-state index in [-0.39, 0.29) is 11.9 Å². The minimum absolute atomic E-state index is 0.0229. The second kappa shape index (κ2) is 7.85. The molecule has 2 aromatic rings. The number of hydrogen-bond acceptors (Lipinski definition) is 4. The summed E-state index contributed by atoms with van der Waals surface area (Å²) >= 11 is 0. The van der Waals surface area contributed by atoms with Crippen molar-refractivity contribution in [3.63, 3.8) is 0 Å². The fraction of sp³-hybridized carbons (Fsp3) is 0.400. The first-order valence-electron chi connectivity index (χ1n) is 8.65. The predicted octanol–water partition coefficient (Wildman–Crippen LogP) is 3.08. The molecule has 3 rings (SSSR count). The molecule has 1 aliphatic heterocycles. The van der Waals surface area contributed by atoms with Gasteiger partial charge in [0.25, 0.3) is 0 Å². The molecule has 2 aromatic carbocycles. The van der Waals surface area contributed by atoms with Crippen LogP contribution in [0.3, 0.4) is 0 Å². The van der Waals surface area contributed by atoms with Crippen molar-refractivity contribution in [2.24, 2.45) is 0 Å². The van der Waals surface area contributed by atoms with Gasteiger partial charge in [0.15, 0.2) is 0 Å². The zero-order valence-electron chi connectivity index (χ0n) is 14.7. The maximum Gasteiger partial charge on any atom is 0.142 e. The summed E-state index contributed by atoms with van der Waals surface area (Å²) in [5.74, 6) is 0.601. The number of anilines is 1. The predicted molar refractivity (Wildman–Crippen MR) is 97.6 cm³/mol. The maximum absolute atomic E-state index is 13.1. The van der Waals surface area contributed by atoms with Crippen molar-refractivity contribution in [2.45, 2.75) is 19.1 Å². The lowest BCUT2D eigenvalue weighted by atomic mass is 10.0. The normalized spacial score (nSPS) is 18.0. The van der Waals surface area contributed by atoms with E-state index in [0.29, 0.717) is 0 Å². The van der Waals surface area contributed by atoms with Crippen molar-refractivity contribution in [1.29, 1.82) is 0 Å². The third-order valence-corrected chi connectivity index (χ3v) is 4.98. The monoisotopic (exact) mass is 344 g/mol. The van der Waals surface area contributed by atoms with E-state index in [1.165, 1.54) is 12.1 Å². The second-order valence-electron chi connectivity index (χ2n) is 6.43. The fourth-order valence-electron chi connectivity index (χ4n) is 3.40. The first-order chi connectivity index (χ1) is 12.1. The number of methoxy groups -OCH3 is 1.